The van der Waals surface area contributed by atoms with Crippen LogP contribution < -0.4 is 0 Å². The van der Waals surface area contributed by atoms with Crippen LogP contribution in [0.4, 0.5) is 0 Å². The number of aliphatic imine (C=N–C) groups is 1. The van der Waals surface area contributed by atoms with Crippen molar-refractivity contribution in [2.45, 2.75) is 4.05 Å². The Morgan fingerprint density at radius 1 is 2.00 bits per heavy atom. The molecule has 0 radical (unpaired) electrons. The minimum absolute atomic E-state index is 0.151. The molecule has 0 saturated carbocycles. The van der Waals surface area contributed by atoms with Gasteiger partial charge in [0.1, 0.15) is 10.4 Å². The largest absolute Gasteiger partial charge is 0.286 e. The van der Waals surface area contributed by atoms with Crippen LogP contribution in [0.5, 0.6) is 0 Å². The van der Waals surface area contributed by atoms with Crippen molar-refractivity contribution in [2.75, 3.05) is 6.54 Å². The topological polar surface area (TPSA) is 35.8 Å². The molecule has 0 amide bonds. The van der Waals surface area contributed by atoms with Crippen LogP contribution >= 0.6 is 22.6 Å². The highest BCUT2D eigenvalue weighted by Gasteiger charge is 2.12. The molecule has 0 saturated heterocycles. The fourth-order valence-electron chi connectivity index (χ4n) is 0.374. The lowest BCUT2D eigenvalue weighted by Gasteiger charge is -2.07. The van der Waals surface area contributed by atoms with Crippen LogP contribution in [-0.2, 0) is 0 Å². The number of hydrogen-bond donors (Lipinski definition) is 1. The van der Waals surface area contributed by atoms with Gasteiger partial charge in [-0.3, -0.25) is 10.2 Å². The quantitative estimate of drug-likeness (QED) is 0.360. The lowest BCUT2D eigenvalue weighted by atomic mass is 10.7. The average Bonchev–Trinajstić information content (AvgIpc) is 1.91. The van der Waals surface area contributed by atoms with Gasteiger partial charge in [0.05, 0.1) is 6.54 Å². The van der Waals surface area contributed by atoms with Crippen LogP contribution in [0.1, 0.15) is 0 Å². The van der Waals surface area contributed by atoms with Gasteiger partial charge >= 0.3 is 0 Å². The van der Waals surface area contributed by atoms with Crippen molar-refractivity contribution in [2.24, 2.45) is 4.99 Å². The second-order valence-corrected chi connectivity index (χ2v) is 2.73. The minimum Gasteiger partial charge on any atom is -0.286 e. The number of halogens is 1. The number of rotatable bonds is 0. The summed E-state index contributed by atoms with van der Waals surface area (Å²) < 4.78 is 0.151. The first kappa shape index (κ1) is 5.30. The van der Waals surface area contributed by atoms with Crippen molar-refractivity contribution in [3.8, 4) is 0 Å². The predicted molar refractivity (Wildman–Crippen MR) is 34.8 cm³/mol. The molecule has 1 N–H and O–H groups in total. The second kappa shape index (κ2) is 1.95. The van der Waals surface area contributed by atoms with E-state index in [2.05, 4.69) is 27.6 Å². The molecule has 1 heterocycles. The van der Waals surface area contributed by atoms with Gasteiger partial charge in [0.15, 0.2) is 0 Å². The highest BCUT2D eigenvalue weighted by Crippen LogP contribution is 2.07. The van der Waals surface area contributed by atoms with Gasteiger partial charge in [-0.25, -0.2) is 5.06 Å². The van der Waals surface area contributed by atoms with Gasteiger partial charge < -0.3 is 0 Å². The minimum atomic E-state index is 0.151. The van der Waals surface area contributed by atoms with Gasteiger partial charge in [0.25, 0.3) is 0 Å². The number of alkyl halides is 1. The van der Waals surface area contributed by atoms with Gasteiger partial charge in [-0.1, -0.05) is 22.6 Å². The summed E-state index contributed by atoms with van der Waals surface area (Å²) in [5.74, 6) is 0. The van der Waals surface area contributed by atoms with E-state index >= 15 is 0 Å². The summed E-state index contributed by atoms with van der Waals surface area (Å²) in [6, 6.07) is 0. The maximum atomic E-state index is 8.67. The molecule has 1 rings (SSSR count). The zero-order valence-corrected chi connectivity index (χ0v) is 5.74. The Morgan fingerprint density at radius 3 is 2.86 bits per heavy atom. The normalized spacial score (nSPS) is 29.4. The molecule has 0 spiro atoms. The molecular weight excluding hydrogens is 207 g/mol. The summed E-state index contributed by atoms with van der Waals surface area (Å²) in [6.07, 6.45) is 1.43. The molecule has 3 nitrogen and oxygen atoms in total. The molecule has 0 aromatic rings. The maximum absolute atomic E-state index is 8.67. The smallest absolute Gasteiger partial charge is 0.128 e. The average molecular weight is 212 g/mol. The third-order valence-electron chi connectivity index (χ3n) is 0.743. The number of nitrogens with zero attached hydrogens (tertiary/aromatic N) is 2. The van der Waals surface area contributed by atoms with Crippen LogP contribution in [0.2, 0.25) is 0 Å². The first-order chi connectivity index (χ1) is 3.30. The highest BCUT2D eigenvalue weighted by molar-refractivity contribution is 14.1. The standard InChI is InChI=1S/C3H5IN2O/c4-3-1-5-2-6(3)7/h2-3,7H,1H2. The Hall–Kier alpha value is 0.160. The molecule has 0 fully saturated rings. The lowest BCUT2D eigenvalue weighted by Crippen LogP contribution is -2.21. The highest BCUT2D eigenvalue weighted by atomic mass is 127. The van der Waals surface area contributed by atoms with Crippen molar-refractivity contribution in [1.29, 1.82) is 0 Å². The Labute approximate surface area is 55.1 Å². The summed E-state index contributed by atoms with van der Waals surface area (Å²) in [4.78, 5) is 3.79. The summed E-state index contributed by atoms with van der Waals surface area (Å²) in [7, 11) is 0. The van der Waals surface area contributed by atoms with Gasteiger partial charge in [-0.2, -0.15) is 0 Å². The van der Waals surface area contributed by atoms with Gasteiger partial charge in [-0.05, 0) is 0 Å². The van der Waals surface area contributed by atoms with E-state index in [1.54, 1.807) is 0 Å². The molecule has 1 aliphatic heterocycles. The first-order valence-corrected chi connectivity index (χ1v) is 3.16. The molecule has 0 aromatic heterocycles. The molecule has 0 aromatic carbocycles. The summed E-state index contributed by atoms with van der Waals surface area (Å²) in [5.41, 5.74) is 0. The second-order valence-electron chi connectivity index (χ2n) is 1.30. The van der Waals surface area contributed by atoms with Crippen molar-refractivity contribution in [1.82, 2.24) is 5.06 Å². The van der Waals surface area contributed by atoms with E-state index in [9.17, 15) is 0 Å². The fourth-order valence-corrected chi connectivity index (χ4v) is 0.745. The number of hydrogen-bond acceptors (Lipinski definition) is 3. The third kappa shape index (κ3) is 1.03. The Morgan fingerprint density at radius 2 is 2.71 bits per heavy atom. The van der Waals surface area contributed by atoms with Gasteiger partial charge in [0.2, 0.25) is 0 Å². The van der Waals surface area contributed by atoms with Crippen LogP contribution in [0.3, 0.4) is 0 Å². The Bertz CT molecular complexity index is 94.9. The molecule has 4 heteroatoms. The summed E-state index contributed by atoms with van der Waals surface area (Å²) in [6.45, 7) is 0.705. The van der Waals surface area contributed by atoms with E-state index in [0.29, 0.717) is 6.54 Å². The molecule has 1 unspecified atom stereocenters. The zero-order valence-electron chi connectivity index (χ0n) is 3.58. The predicted octanol–water partition coefficient (Wildman–Crippen LogP) is 0.481. The van der Waals surface area contributed by atoms with Crippen LogP contribution in [0.15, 0.2) is 4.99 Å². The van der Waals surface area contributed by atoms with Crippen LogP contribution in [0.25, 0.3) is 0 Å². The van der Waals surface area contributed by atoms with Crippen LogP contribution in [-0.4, -0.2) is 27.2 Å². The van der Waals surface area contributed by atoms with Crippen molar-refractivity contribution in [3.63, 3.8) is 0 Å². The van der Waals surface area contributed by atoms with Gasteiger partial charge in [-0.15, -0.1) is 0 Å². The molecule has 1 atom stereocenters. The maximum Gasteiger partial charge on any atom is 0.128 e. The van der Waals surface area contributed by atoms with E-state index in [-0.39, 0.29) is 4.05 Å². The molecule has 1 aliphatic rings. The lowest BCUT2D eigenvalue weighted by molar-refractivity contribution is -0.00317. The monoisotopic (exact) mass is 212 g/mol. The summed E-state index contributed by atoms with van der Waals surface area (Å²) >= 11 is 2.11. The first-order valence-electron chi connectivity index (χ1n) is 1.92. The molecule has 7 heavy (non-hydrogen) atoms. The number of hydroxylamine groups is 2. The van der Waals surface area contributed by atoms with Crippen LogP contribution in [0, 0.1) is 0 Å². The van der Waals surface area contributed by atoms with E-state index in [4.69, 9.17) is 5.21 Å². The summed E-state index contributed by atoms with van der Waals surface area (Å²) in [5, 5.41) is 9.77. The van der Waals surface area contributed by atoms with Crippen molar-refractivity contribution in [3.05, 3.63) is 0 Å². The fraction of sp³-hybridized carbons (Fsp3) is 0.667. The van der Waals surface area contributed by atoms with Crippen molar-refractivity contribution < 1.29 is 5.21 Å². The zero-order chi connectivity index (χ0) is 5.28. The Kier molecular flexibility index (Phi) is 1.48. The van der Waals surface area contributed by atoms with Crippen molar-refractivity contribution >= 4 is 28.9 Å². The van der Waals surface area contributed by atoms with Gasteiger partial charge in [0, 0.05) is 0 Å². The molecule has 0 bridgehead atoms. The van der Waals surface area contributed by atoms with E-state index < -0.39 is 0 Å². The Balaban J connectivity index is 2.45. The molecule has 0 aliphatic carbocycles. The van der Waals surface area contributed by atoms with E-state index in [1.807, 2.05) is 0 Å². The van der Waals surface area contributed by atoms with E-state index in [0.717, 1.165) is 5.06 Å². The van der Waals surface area contributed by atoms with E-state index in [1.165, 1.54) is 6.34 Å². The molecular formula is C3H5IN2O. The SMILES string of the molecule is ON1C=NCC1I. The third-order valence-corrected chi connectivity index (χ3v) is 1.71. The molecule has 40 valence electrons.